The smallest absolute Gasteiger partial charge is 0.135 e. The van der Waals surface area contributed by atoms with E-state index in [-0.39, 0.29) is 0 Å². The quantitative estimate of drug-likeness (QED) is 0.888. The molecule has 0 saturated carbocycles. The lowest BCUT2D eigenvalue weighted by Crippen LogP contribution is -2.47. The Bertz CT molecular complexity index is 744. The van der Waals surface area contributed by atoms with Gasteiger partial charge in [-0.1, -0.05) is 23.2 Å². The monoisotopic (exact) mass is 363 g/mol. The average Bonchev–Trinajstić information content (AvgIpc) is 2.64. The number of benzene rings is 1. The normalized spacial score (nSPS) is 17.8. The molecular formula is C17H19Cl2N5. The summed E-state index contributed by atoms with van der Waals surface area (Å²) in [5.41, 5.74) is 3.57. The molecule has 0 spiro atoms. The van der Waals surface area contributed by atoms with Crippen molar-refractivity contribution in [3.05, 3.63) is 45.8 Å². The lowest BCUT2D eigenvalue weighted by atomic mass is 10.1. The van der Waals surface area contributed by atoms with Crippen LogP contribution in [0.3, 0.4) is 0 Å². The summed E-state index contributed by atoms with van der Waals surface area (Å²) in [4.78, 5) is 13.7. The van der Waals surface area contributed by atoms with Gasteiger partial charge in [-0.05, 0) is 31.2 Å². The standard InChI is InChI=1S/C17H19Cl2N5/c18-14-2-1-12(9-15(14)19)23-5-7-24(8-6-23)17-13-3-4-20-10-16(13)21-11-22-17/h1-2,9,11,20H,3-8,10H2. The van der Waals surface area contributed by atoms with Crippen molar-refractivity contribution in [3.63, 3.8) is 0 Å². The molecule has 126 valence electrons. The number of nitrogens with zero attached hydrogens (tertiary/aromatic N) is 4. The third kappa shape index (κ3) is 3.04. The van der Waals surface area contributed by atoms with E-state index < -0.39 is 0 Å². The number of piperazine rings is 1. The lowest BCUT2D eigenvalue weighted by Gasteiger charge is -2.38. The molecule has 2 aliphatic rings. The maximum absolute atomic E-state index is 6.15. The van der Waals surface area contributed by atoms with Crippen LogP contribution < -0.4 is 15.1 Å². The predicted molar refractivity (Wildman–Crippen MR) is 98.3 cm³/mol. The zero-order chi connectivity index (χ0) is 16.5. The second-order valence-electron chi connectivity index (χ2n) is 6.12. The molecule has 0 aliphatic carbocycles. The van der Waals surface area contributed by atoms with Crippen molar-refractivity contribution in [2.45, 2.75) is 13.0 Å². The summed E-state index contributed by atoms with van der Waals surface area (Å²) < 4.78 is 0. The number of halogens is 2. The molecule has 0 bridgehead atoms. The number of aromatic nitrogens is 2. The molecule has 0 radical (unpaired) electrons. The Morgan fingerprint density at radius 3 is 2.54 bits per heavy atom. The van der Waals surface area contributed by atoms with Gasteiger partial charge in [-0.2, -0.15) is 0 Å². The van der Waals surface area contributed by atoms with E-state index in [1.165, 1.54) is 5.56 Å². The van der Waals surface area contributed by atoms with Gasteiger partial charge in [0.05, 0.1) is 15.7 Å². The predicted octanol–water partition coefficient (Wildman–Crippen LogP) is 2.76. The highest BCUT2D eigenvalue weighted by Gasteiger charge is 2.23. The van der Waals surface area contributed by atoms with Crippen molar-refractivity contribution in [2.24, 2.45) is 0 Å². The van der Waals surface area contributed by atoms with Crippen LogP contribution in [0.25, 0.3) is 0 Å². The Hall–Kier alpha value is -1.56. The minimum Gasteiger partial charge on any atom is -0.368 e. The first-order valence-electron chi connectivity index (χ1n) is 8.21. The zero-order valence-corrected chi connectivity index (χ0v) is 14.8. The molecule has 5 nitrogen and oxygen atoms in total. The molecule has 2 aromatic rings. The van der Waals surface area contributed by atoms with E-state index in [0.29, 0.717) is 10.0 Å². The number of rotatable bonds is 2. The molecule has 7 heteroatoms. The first-order chi connectivity index (χ1) is 11.7. The Kier molecular flexibility index (Phi) is 4.48. The topological polar surface area (TPSA) is 44.3 Å². The Balaban J connectivity index is 1.49. The summed E-state index contributed by atoms with van der Waals surface area (Å²) in [6, 6.07) is 5.83. The van der Waals surface area contributed by atoms with Crippen LogP contribution in [0, 0.1) is 0 Å². The van der Waals surface area contributed by atoms with Gasteiger partial charge in [0.15, 0.2) is 0 Å². The summed E-state index contributed by atoms with van der Waals surface area (Å²) in [6.45, 7) is 5.60. The number of hydrogen-bond acceptors (Lipinski definition) is 5. The maximum atomic E-state index is 6.15. The van der Waals surface area contributed by atoms with Gasteiger partial charge < -0.3 is 15.1 Å². The van der Waals surface area contributed by atoms with Crippen LogP contribution in [0.15, 0.2) is 24.5 Å². The summed E-state index contributed by atoms with van der Waals surface area (Å²) in [6.07, 6.45) is 2.69. The highest BCUT2D eigenvalue weighted by Crippen LogP contribution is 2.29. The molecule has 0 amide bonds. The van der Waals surface area contributed by atoms with Crippen LogP contribution in [0.5, 0.6) is 0 Å². The average molecular weight is 364 g/mol. The molecular weight excluding hydrogens is 345 g/mol. The van der Waals surface area contributed by atoms with Crippen LogP contribution in [0.2, 0.25) is 10.0 Å². The fraction of sp³-hybridized carbons (Fsp3) is 0.412. The van der Waals surface area contributed by atoms with Crippen molar-refractivity contribution < 1.29 is 0 Å². The molecule has 2 aliphatic heterocycles. The van der Waals surface area contributed by atoms with Crippen LogP contribution >= 0.6 is 23.2 Å². The highest BCUT2D eigenvalue weighted by atomic mass is 35.5. The number of nitrogens with one attached hydrogen (secondary N) is 1. The zero-order valence-electron chi connectivity index (χ0n) is 13.3. The highest BCUT2D eigenvalue weighted by molar-refractivity contribution is 6.42. The van der Waals surface area contributed by atoms with E-state index in [1.54, 1.807) is 6.33 Å². The number of fused-ring (bicyclic) bond motifs is 1. The van der Waals surface area contributed by atoms with E-state index in [0.717, 1.165) is 62.9 Å². The van der Waals surface area contributed by atoms with Crippen LogP contribution in [0.4, 0.5) is 11.5 Å². The Morgan fingerprint density at radius 2 is 1.75 bits per heavy atom. The van der Waals surface area contributed by atoms with Gasteiger partial charge in [-0.15, -0.1) is 0 Å². The summed E-state index contributed by atoms with van der Waals surface area (Å²) in [5.74, 6) is 1.11. The molecule has 1 saturated heterocycles. The van der Waals surface area contributed by atoms with Crippen LogP contribution in [-0.4, -0.2) is 42.7 Å². The Morgan fingerprint density at radius 1 is 0.958 bits per heavy atom. The van der Waals surface area contributed by atoms with Gasteiger partial charge in [-0.3, -0.25) is 0 Å². The van der Waals surface area contributed by atoms with E-state index in [4.69, 9.17) is 23.2 Å². The number of hydrogen-bond donors (Lipinski definition) is 1. The molecule has 1 N–H and O–H groups in total. The Labute approximate surface area is 151 Å². The van der Waals surface area contributed by atoms with E-state index in [2.05, 4.69) is 25.1 Å². The van der Waals surface area contributed by atoms with Gasteiger partial charge >= 0.3 is 0 Å². The second kappa shape index (κ2) is 6.75. The number of anilines is 2. The fourth-order valence-electron chi connectivity index (χ4n) is 3.40. The molecule has 1 fully saturated rings. The van der Waals surface area contributed by atoms with Crippen molar-refractivity contribution in [1.82, 2.24) is 15.3 Å². The van der Waals surface area contributed by atoms with Gasteiger partial charge in [-0.25, -0.2) is 9.97 Å². The van der Waals surface area contributed by atoms with Crippen LogP contribution in [-0.2, 0) is 13.0 Å². The third-order valence-corrected chi connectivity index (χ3v) is 5.44. The first kappa shape index (κ1) is 15.9. The molecule has 24 heavy (non-hydrogen) atoms. The molecule has 1 aromatic carbocycles. The fourth-order valence-corrected chi connectivity index (χ4v) is 3.69. The molecule has 3 heterocycles. The summed E-state index contributed by atoms with van der Waals surface area (Å²) in [5, 5.41) is 4.57. The maximum Gasteiger partial charge on any atom is 0.135 e. The minimum atomic E-state index is 0.597. The first-order valence-corrected chi connectivity index (χ1v) is 8.96. The van der Waals surface area contributed by atoms with Crippen LogP contribution in [0.1, 0.15) is 11.3 Å². The van der Waals surface area contributed by atoms with E-state index in [1.807, 2.05) is 18.2 Å². The minimum absolute atomic E-state index is 0.597. The van der Waals surface area contributed by atoms with Gasteiger partial charge in [0, 0.05) is 44.0 Å². The van der Waals surface area contributed by atoms with E-state index in [9.17, 15) is 0 Å². The van der Waals surface area contributed by atoms with Crippen molar-refractivity contribution >= 4 is 34.7 Å². The molecule has 4 rings (SSSR count). The van der Waals surface area contributed by atoms with Crippen molar-refractivity contribution in [1.29, 1.82) is 0 Å². The largest absolute Gasteiger partial charge is 0.368 e. The second-order valence-corrected chi connectivity index (χ2v) is 6.94. The summed E-state index contributed by atoms with van der Waals surface area (Å²) >= 11 is 12.2. The van der Waals surface area contributed by atoms with E-state index >= 15 is 0 Å². The summed E-state index contributed by atoms with van der Waals surface area (Å²) in [7, 11) is 0. The van der Waals surface area contributed by atoms with Crippen molar-refractivity contribution in [3.8, 4) is 0 Å². The van der Waals surface area contributed by atoms with Gasteiger partial charge in [0.1, 0.15) is 12.1 Å². The van der Waals surface area contributed by atoms with Gasteiger partial charge in [0.2, 0.25) is 0 Å². The van der Waals surface area contributed by atoms with Crippen molar-refractivity contribution in [2.75, 3.05) is 42.5 Å². The lowest BCUT2D eigenvalue weighted by molar-refractivity contribution is 0.605. The third-order valence-electron chi connectivity index (χ3n) is 4.70. The molecule has 1 aromatic heterocycles. The molecule has 0 unspecified atom stereocenters. The SMILES string of the molecule is Clc1ccc(N2CCN(c3ncnc4c3CCNC4)CC2)cc1Cl. The van der Waals surface area contributed by atoms with Gasteiger partial charge in [0.25, 0.3) is 0 Å². The molecule has 0 atom stereocenters.